The number of anilines is 3. The number of carbonyl (C=O) groups is 1. The highest BCUT2D eigenvalue weighted by molar-refractivity contribution is 5.68. The van der Waals surface area contributed by atoms with Crippen LogP contribution in [0.4, 0.5) is 35.4 Å². The number of ether oxygens (including phenoxy) is 2. The van der Waals surface area contributed by atoms with Gasteiger partial charge in [0.05, 0.1) is 0 Å². The van der Waals surface area contributed by atoms with Gasteiger partial charge in [0.1, 0.15) is 28.8 Å². The molecule has 1 saturated carbocycles. The number of carbonyl (C=O) groups excluding carboxylic acids is 1. The number of nitrogens with zero attached hydrogens (tertiary/aromatic N) is 5. The first-order chi connectivity index (χ1) is 18.8. The number of alkyl halides is 3. The van der Waals surface area contributed by atoms with Crippen molar-refractivity contribution in [1.82, 2.24) is 25.3 Å². The van der Waals surface area contributed by atoms with Crippen LogP contribution in [0.1, 0.15) is 40.0 Å². The van der Waals surface area contributed by atoms with Crippen LogP contribution in [0.3, 0.4) is 0 Å². The molecule has 0 bridgehead atoms. The molecule has 1 unspecified atom stereocenters. The molecule has 13 heteroatoms. The molecule has 1 amide bonds. The molecular formula is C27H30F3N7O3. The van der Waals surface area contributed by atoms with Crippen molar-refractivity contribution in [3.8, 4) is 17.1 Å². The topological polar surface area (TPSA) is 114 Å². The van der Waals surface area contributed by atoms with E-state index in [-0.39, 0.29) is 17.3 Å². The van der Waals surface area contributed by atoms with E-state index >= 15 is 0 Å². The molecule has 212 valence electrons. The number of rotatable bonds is 6. The summed E-state index contributed by atoms with van der Waals surface area (Å²) >= 11 is 0. The van der Waals surface area contributed by atoms with Crippen molar-refractivity contribution in [3.63, 3.8) is 0 Å². The van der Waals surface area contributed by atoms with Gasteiger partial charge < -0.3 is 25.0 Å². The summed E-state index contributed by atoms with van der Waals surface area (Å²) in [6.07, 6.45) is 1.95. The predicted molar refractivity (Wildman–Crippen MR) is 141 cm³/mol. The lowest BCUT2D eigenvalue weighted by atomic mass is 9.78. The van der Waals surface area contributed by atoms with Crippen LogP contribution in [-0.4, -0.2) is 57.1 Å². The first kappa shape index (κ1) is 27.4. The first-order valence-electron chi connectivity index (χ1n) is 12.9. The number of hydrogen-bond acceptors (Lipinski definition) is 9. The molecule has 3 aromatic rings. The predicted octanol–water partition coefficient (Wildman–Crippen LogP) is 5.46. The van der Waals surface area contributed by atoms with Crippen LogP contribution in [0.25, 0.3) is 11.4 Å². The minimum absolute atomic E-state index is 0.0443. The lowest BCUT2D eigenvalue weighted by Gasteiger charge is -2.49. The lowest BCUT2D eigenvalue weighted by molar-refractivity contribution is -0.274. The maximum atomic E-state index is 12.7. The van der Waals surface area contributed by atoms with Gasteiger partial charge in [0, 0.05) is 60.8 Å². The number of alkyl carbamates (subject to hydrolysis) is 1. The number of pyridine rings is 2. The van der Waals surface area contributed by atoms with Crippen molar-refractivity contribution in [2.24, 2.45) is 5.41 Å². The summed E-state index contributed by atoms with van der Waals surface area (Å²) in [6, 6.07) is 7.64. The van der Waals surface area contributed by atoms with Gasteiger partial charge in [-0.25, -0.2) is 19.7 Å². The molecule has 2 fully saturated rings. The molecule has 2 N–H and O–H groups in total. The molecule has 4 heterocycles. The molecule has 1 saturated heterocycles. The molecule has 1 aliphatic heterocycles. The quantitative estimate of drug-likeness (QED) is 0.408. The Bertz CT molecular complexity index is 1360. The molecule has 0 radical (unpaired) electrons. The van der Waals surface area contributed by atoms with Gasteiger partial charge in [-0.15, -0.1) is 13.2 Å². The van der Waals surface area contributed by atoms with E-state index in [0.717, 1.165) is 44.5 Å². The Kier molecular flexibility index (Phi) is 7.15. The van der Waals surface area contributed by atoms with Crippen molar-refractivity contribution < 1.29 is 27.4 Å². The van der Waals surface area contributed by atoms with Gasteiger partial charge in [0.15, 0.2) is 5.82 Å². The van der Waals surface area contributed by atoms with Crippen LogP contribution in [0.5, 0.6) is 5.75 Å². The highest BCUT2D eigenvalue weighted by Gasteiger charge is 2.49. The van der Waals surface area contributed by atoms with Gasteiger partial charge in [0.25, 0.3) is 0 Å². The minimum Gasteiger partial charge on any atom is -0.444 e. The van der Waals surface area contributed by atoms with Crippen molar-refractivity contribution >= 4 is 23.5 Å². The summed E-state index contributed by atoms with van der Waals surface area (Å²) in [4.78, 5) is 31.9. The van der Waals surface area contributed by atoms with E-state index in [1.54, 1.807) is 24.5 Å². The minimum atomic E-state index is -4.82. The third-order valence-corrected chi connectivity index (χ3v) is 6.65. The number of nitrogens with one attached hydrogen (secondary N) is 2. The number of hydrogen-bond donors (Lipinski definition) is 2. The van der Waals surface area contributed by atoms with Crippen LogP contribution < -0.4 is 20.3 Å². The number of halogens is 3. The molecular weight excluding hydrogens is 527 g/mol. The zero-order valence-corrected chi connectivity index (χ0v) is 22.3. The van der Waals surface area contributed by atoms with Crippen LogP contribution in [-0.2, 0) is 4.74 Å². The Morgan fingerprint density at radius 1 is 1.10 bits per heavy atom. The summed E-state index contributed by atoms with van der Waals surface area (Å²) in [6.45, 7) is 6.99. The lowest BCUT2D eigenvalue weighted by Crippen LogP contribution is -2.56. The molecule has 1 spiro atoms. The highest BCUT2D eigenvalue weighted by Crippen LogP contribution is 2.47. The van der Waals surface area contributed by atoms with E-state index in [1.807, 2.05) is 26.8 Å². The van der Waals surface area contributed by atoms with Crippen molar-refractivity contribution in [2.45, 2.75) is 58.0 Å². The number of aromatic nitrogens is 4. The van der Waals surface area contributed by atoms with Gasteiger partial charge in [-0.3, -0.25) is 4.98 Å². The maximum absolute atomic E-state index is 12.7. The van der Waals surface area contributed by atoms with E-state index in [0.29, 0.717) is 23.0 Å². The molecule has 1 aliphatic carbocycles. The first-order valence-corrected chi connectivity index (χ1v) is 12.9. The fourth-order valence-corrected chi connectivity index (χ4v) is 5.11. The SMILES string of the molecule is CC(C)(C)OC(=O)NC1CCC2(C1)CN(c1cc(Nc3cc(OC(F)(F)F)ccn3)nc(-c3cccnc3)n1)C2. The Morgan fingerprint density at radius 2 is 1.90 bits per heavy atom. The Hall–Kier alpha value is -4.16. The van der Waals surface area contributed by atoms with Crippen LogP contribution >= 0.6 is 0 Å². The second kappa shape index (κ2) is 10.4. The summed E-state index contributed by atoms with van der Waals surface area (Å²) in [7, 11) is 0. The van der Waals surface area contributed by atoms with E-state index in [2.05, 4.69) is 35.2 Å². The second-order valence-electron chi connectivity index (χ2n) is 11.2. The number of amides is 1. The molecule has 0 aromatic carbocycles. The fourth-order valence-electron chi connectivity index (χ4n) is 5.11. The van der Waals surface area contributed by atoms with Gasteiger partial charge in [-0.05, 0) is 58.2 Å². The molecule has 3 aromatic heterocycles. The molecule has 40 heavy (non-hydrogen) atoms. The summed E-state index contributed by atoms with van der Waals surface area (Å²) in [5.74, 6) is 1.17. The molecule has 1 atom stereocenters. The molecule has 2 aliphatic rings. The van der Waals surface area contributed by atoms with Crippen LogP contribution in [0.2, 0.25) is 0 Å². The summed E-state index contributed by atoms with van der Waals surface area (Å²) < 4.78 is 47.5. The smallest absolute Gasteiger partial charge is 0.444 e. The zero-order chi connectivity index (χ0) is 28.5. The van der Waals surface area contributed by atoms with Crippen molar-refractivity contribution in [3.05, 3.63) is 48.9 Å². The Morgan fingerprint density at radius 3 is 2.60 bits per heavy atom. The third kappa shape index (κ3) is 6.88. The second-order valence-corrected chi connectivity index (χ2v) is 11.2. The average molecular weight is 558 g/mol. The largest absolute Gasteiger partial charge is 0.573 e. The fraction of sp³-hybridized carbons (Fsp3) is 0.444. The van der Waals surface area contributed by atoms with E-state index < -0.39 is 23.8 Å². The third-order valence-electron chi connectivity index (χ3n) is 6.65. The van der Waals surface area contributed by atoms with Crippen LogP contribution in [0.15, 0.2) is 48.9 Å². The van der Waals surface area contributed by atoms with Gasteiger partial charge in [-0.2, -0.15) is 0 Å². The summed E-state index contributed by atoms with van der Waals surface area (Å²) in [5, 5.41) is 5.96. The molecule has 5 rings (SSSR count). The zero-order valence-electron chi connectivity index (χ0n) is 22.3. The summed E-state index contributed by atoms with van der Waals surface area (Å²) in [5.41, 5.74) is 0.185. The normalized spacial score (nSPS) is 18.2. The molecule has 10 nitrogen and oxygen atoms in total. The van der Waals surface area contributed by atoms with Crippen molar-refractivity contribution in [2.75, 3.05) is 23.3 Å². The van der Waals surface area contributed by atoms with Gasteiger partial charge in [-0.1, -0.05) is 0 Å². The van der Waals surface area contributed by atoms with E-state index in [9.17, 15) is 18.0 Å². The van der Waals surface area contributed by atoms with Gasteiger partial charge >= 0.3 is 12.5 Å². The standard InChI is InChI=1S/C27H30F3N7O3/c1-25(2,3)40-24(38)33-18-6-8-26(13-18)15-37(16-26)22-12-21(35-23(36-22)17-5-4-9-31-14-17)34-20-11-19(7-10-32-20)39-27(28,29)30/h4-5,7,9-12,14,18H,6,8,13,15-16H2,1-3H3,(H,33,38)(H,32,34,35,36). The Labute approximate surface area is 229 Å². The van der Waals surface area contributed by atoms with E-state index in [4.69, 9.17) is 9.72 Å². The van der Waals surface area contributed by atoms with Gasteiger partial charge in [0.2, 0.25) is 0 Å². The average Bonchev–Trinajstić information content (AvgIpc) is 3.25. The van der Waals surface area contributed by atoms with E-state index in [1.165, 1.54) is 6.20 Å². The van der Waals surface area contributed by atoms with Crippen LogP contribution in [0, 0.1) is 5.41 Å². The Balaban J connectivity index is 1.31. The maximum Gasteiger partial charge on any atom is 0.573 e. The highest BCUT2D eigenvalue weighted by atomic mass is 19.4. The monoisotopic (exact) mass is 557 g/mol. The van der Waals surface area contributed by atoms with Crippen molar-refractivity contribution in [1.29, 1.82) is 0 Å².